The standard InChI is InChI=1S/C18H26NO3S/c1-4-20-18(21-5-2)14-22-16-9-6-15(7-10-16)8-11-17-19(3)12-13-23-17/h6-11,18H,4-5,12-14H2,1-3H3/q+1/b11-8+. The molecule has 4 nitrogen and oxygen atoms in total. The highest BCUT2D eigenvalue weighted by Crippen LogP contribution is 2.16. The molecule has 1 aliphatic heterocycles. The Bertz CT molecular complexity index is 534. The lowest BCUT2D eigenvalue weighted by Crippen LogP contribution is -2.25. The van der Waals surface area contributed by atoms with Crippen LogP contribution >= 0.6 is 11.8 Å². The lowest BCUT2D eigenvalue weighted by molar-refractivity contribution is -0.485. The van der Waals surface area contributed by atoms with Gasteiger partial charge in [0.05, 0.1) is 5.75 Å². The molecule has 1 aromatic rings. The summed E-state index contributed by atoms with van der Waals surface area (Å²) >= 11 is 1.90. The van der Waals surface area contributed by atoms with E-state index in [0.717, 1.165) is 17.9 Å². The number of rotatable bonds is 9. The molecular formula is C18H26NO3S+. The smallest absolute Gasteiger partial charge is 0.234 e. The van der Waals surface area contributed by atoms with Gasteiger partial charge in [0.2, 0.25) is 5.04 Å². The molecule has 5 heteroatoms. The van der Waals surface area contributed by atoms with Gasteiger partial charge >= 0.3 is 0 Å². The summed E-state index contributed by atoms with van der Waals surface area (Å²) < 4.78 is 18.9. The topological polar surface area (TPSA) is 30.7 Å². The molecule has 0 saturated carbocycles. The molecule has 0 aliphatic carbocycles. The zero-order valence-corrected chi connectivity index (χ0v) is 15.0. The minimum atomic E-state index is -0.309. The molecule has 1 aromatic carbocycles. The molecule has 0 fully saturated rings. The van der Waals surface area contributed by atoms with E-state index >= 15 is 0 Å². The van der Waals surface area contributed by atoms with Crippen molar-refractivity contribution < 1.29 is 18.8 Å². The van der Waals surface area contributed by atoms with Gasteiger partial charge in [-0.3, -0.25) is 0 Å². The summed E-state index contributed by atoms with van der Waals surface area (Å²) in [6.45, 7) is 6.65. The normalized spacial score (nSPS) is 15.1. The minimum Gasteiger partial charge on any atom is -0.488 e. The summed E-state index contributed by atoms with van der Waals surface area (Å²) in [7, 11) is 2.13. The van der Waals surface area contributed by atoms with Crippen molar-refractivity contribution in [1.82, 2.24) is 0 Å². The summed E-state index contributed by atoms with van der Waals surface area (Å²) in [6, 6.07) is 8.07. The molecule has 0 spiro atoms. The third-order valence-corrected chi connectivity index (χ3v) is 4.57. The fourth-order valence-corrected chi connectivity index (χ4v) is 3.26. The van der Waals surface area contributed by atoms with Crippen LogP contribution in [0, 0.1) is 0 Å². The van der Waals surface area contributed by atoms with Crippen LogP contribution in [-0.2, 0) is 9.47 Å². The molecule has 1 aliphatic rings. The lowest BCUT2D eigenvalue weighted by atomic mass is 10.2. The number of ether oxygens (including phenoxy) is 3. The number of hydrogen-bond acceptors (Lipinski definition) is 4. The zero-order valence-electron chi connectivity index (χ0n) is 14.2. The molecule has 23 heavy (non-hydrogen) atoms. The Kier molecular flexibility index (Phi) is 7.65. The molecule has 0 radical (unpaired) electrons. The van der Waals surface area contributed by atoms with Crippen LogP contribution in [0.25, 0.3) is 6.08 Å². The first-order valence-corrected chi connectivity index (χ1v) is 9.06. The average Bonchev–Trinajstić information content (AvgIpc) is 2.97. The molecule has 0 aromatic heterocycles. The van der Waals surface area contributed by atoms with Crippen molar-refractivity contribution in [2.45, 2.75) is 20.1 Å². The number of thioether (sulfide) groups is 1. The van der Waals surface area contributed by atoms with Gasteiger partial charge in [0.25, 0.3) is 0 Å². The predicted octanol–water partition coefficient (Wildman–Crippen LogP) is 3.27. The van der Waals surface area contributed by atoms with Crippen molar-refractivity contribution >= 4 is 22.9 Å². The Morgan fingerprint density at radius 2 is 1.83 bits per heavy atom. The first-order chi connectivity index (χ1) is 11.2. The second kappa shape index (κ2) is 9.75. The summed E-state index contributed by atoms with van der Waals surface area (Å²) in [5, 5.41) is 1.32. The quantitative estimate of drug-likeness (QED) is 0.511. The maximum absolute atomic E-state index is 5.73. The summed E-state index contributed by atoms with van der Waals surface area (Å²) in [5.74, 6) is 2.00. The minimum absolute atomic E-state index is 0.309. The van der Waals surface area contributed by atoms with Gasteiger partial charge in [-0.2, -0.15) is 0 Å². The van der Waals surface area contributed by atoms with Gasteiger partial charge in [0, 0.05) is 19.3 Å². The third-order valence-electron chi connectivity index (χ3n) is 3.44. The molecule has 126 valence electrons. The number of nitrogens with zero attached hydrogens (tertiary/aromatic N) is 1. The van der Waals surface area contributed by atoms with E-state index in [4.69, 9.17) is 14.2 Å². The Morgan fingerprint density at radius 3 is 2.39 bits per heavy atom. The Morgan fingerprint density at radius 1 is 1.13 bits per heavy atom. The molecule has 0 bridgehead atoms. The monoisotopic (exact) mass is 336 g/mol. The fourth-order valence-electron chi connectivity index (χ4n) is 2.21. The molecule has 0 N–H and O–H groups in total. The predicted molar refractivity (Wildman–Crippen MR) is 96.5 cm³/mol. The van der Waals surface area contributed by atoms with E-state index in [-0.39, 0.29) is 6.29 Å². The zero-order chi connectivity index (χ0) is 16.5. The second-order valence-electron chi connectivity index (χ2n) is 5.16. The van der Waals surface area contributed by atoms with Crippen LogP contribution < -0.4 is 4.74 Å². The fraction of sp³-hybridized carbons (Fsp3) is 0.500. The van der Waals surface area contributed by atoms with E-state index in [9.17, 15) is 0 Å². The first kappa shape index (κ1) is 18.0. The SMILES string of the molecule is CCOC(COc1ccc(/C=C/C2=[N+](C)CCS2)cc1)OCC. The van der Waals surface area contributed by atoms with Crippen molar-refractivity contribution in [3.63, 3.8) is 0 Å². The van der Waals surface area contributed by atoms with Crippen molar-refractivity contribution in [3.8, 4) is 5.75 Å². The highest BCUT2D eigenvalue weighted by atomic mass is 32.2. The maximum atomic E-state index is 5.73. The lowest BCUT2D eigenvalue weighted by Gasteiger charge is -2.17. The van der Waals surface area contributed by atoms with Crippen LogP contribution in [0.15, 0.2) is 30.3 Å². The molecule has 0 atom stereocenters. The third kappa shape index (κ3) is 6.01. The van der Waals surface area contributed by atoms with Crippen molar-refractivity contribution in [2.75, 3.05) is 39.2 Å². The average molecular weight is 336 g/mol. The number of hydrogen-bond donors (Lipinski definition) is 0. The van der Waals surface area contributed by atoms with E-state index < -0.39 is 0 Å². The molecule has 1 heterocycles. The van der Waals surface area contributed by atoms with Gasteiger partial charge in [0.15, 0.2) is 12.8 Å². The van der Waals surface area contributed by atoms with E-state index in [0.29, 0.717) is 19.8 Å². The molecule has 0 saturated heterocycles. The first-order valence-electron chi connectivity index (χ1n) is 8.08. The molecule has 0 amide bonds. The van der Waals surface area contributed by atoms with Crippen LogP contribution in [0.5, 0.6) is 5.75 Å². The highest BCUT2D eigenvalue weighted by Gasteiger charge is 2.16. The summed E-state index contributed by atoms with van der Waals surface area (Å²) in [6.07, 6.45) is 4.00. The van der Waals surface area contributed by atoms with Gasteiger partial charge < -0.3 is 14.2 Å². The van der Waals surface area contributed by atoms with Crippen LogP contribution in [0.3, 0.4) is 0 Å². The van der Waals surface area contributed by atoms with E-state index in [2.05, 4.69) is 35.9 Å². The van der Waals surface area contributed by atoms with Crippen molar-refractivity contribution in [1.29, 1.82) is 0 Å². The van der Waals surface area contributed by atoms with Gasteiger partial charge in [-0.15, -0.1) is 0 Å². The Labute approximate surface area is 143 Å². The summed E-state index contributed by atoms with van der Waals surface area (Å²) in [4.78, 5) is 0. The van der Waals surface area contributed by atoms with Gasteiger partial charge in [-0.25, -0.2) is 4.58 Å². The van der Waals surface area contributed by atoms with Gasteiger partial charge in [-0.05, 0) is 37.6 Å². The Hall–Kier alpha value is -1.30. The number of benzene rings is 1. The van der Waals surface area contributed by atoms with Crippen LogP contribution in [0.2, 0.25) is 0 Å². The van der Waals surface area contributed by atoms with Crippen molar-refractivity contribution in [2.24, 2.45) is 0 Å². The van der Waals surface area contributed by atoms with Crippen LogP contribution in [-0.4, -0.2) is 55.1 Å². The summed E-state index contributed by atoms with van der Waals surface area (Å²) in [5.41, 5.74) is 1.16. The van der Waals surface area contributed by atoms with Gasteiger partial charge in [0.1, 0.15) is 19.4 Å². The van der Waals surface area contributed by atoms with Gasteiger partial charge in [-0.1, -0.05) is 23.9 Å². The van der Waals surface area contributed by atoms with E-state index in [1.807, 2.05) is 37.7 Å². The van der Waals surface area contributed by atoms with E-state index in [1.54, 1.807) is 0 Å². The Balaban J connectivity index is 1.86. The second-order valence-corrected chi connectivity index (χ2v) is 6.28. The van der Waals surface area contributed by atoms with Crippen LogP contribution in [0.1, 0.15) is 19.4 Å². The molecule has 2 rings (SSSR count). The molecular weight excluding hydrogens is 310 g/mol. The molecule has 0 unspecified atom stereocenters. The van der Waals surface area contributed by atoms with Crippen molar-refractivity contribution in [3.05, 3.63) is 35.9 Å². The van der Waals surface area contributed by atoms with E-state index in [1.165, 1.54) is 10.8 Å². The maximum Gasteiger partial charge on any atom is 0.234 e. The highest BCUT2D eigenvalue weighted by molar-refractivity contribution is 8.14. The van der Waals surface area contributed by atoms with Crippen LogP contribution in [0.4, 0.5) is 0 Å². The largest absolute Gasteiger partial charge is 0.488 e.